The van der Waals surface area contributed by atoms with Crippen molar-refractivity contribution in [2.24, 2.45) is 10.6 Å². The number of hydrogen-bond acceptors (Lipinski definition) is 3. The third-order valence-corrected chi connectivity index (χ3v) is 2.21. The van der Waals surface area contributed by atoms with E-state index in [-0.39, 0.29) is 0 Å². The van der Waals surface area contributed by atoms with Crippen LogP contribution in [0.3, 0.4) is 0 Å². The molecular weight excluding hydrogens is 190 g/mol. The fraction of sp³-hybridized carbons (Fsp3) is 1.00. The summed E-state index contributed by atoms with van der Waals surface area (Å²) in [7, 11) is -4.42. The van der Waals surface area contributed by atoms with Gasteiger partial charge in [-0.05, 0) is 18.3 Å². The lowest BCUT2D eigenvalue weighted by Gasteiger charge is -2.28. The molecule has 0 unspecified atom stereocenters. The summed E-state index contributed by atoms with van der Waals surface area (Å²) in [5.74, 6) is 0. The standard InChI is InChI=1S/C8H16.H3NO3S/c1-8(2)6-4-3-5-7-8;1-5(2,3)4/h3-7H2,1-2H3;(H3,1,2,3,4)/p-1. The van der Waals surface area contributed by atoms with Crippen molar-refractivity contribution < 1.29 is 13.0 Å². The maximum atomic E-state index is 8.85. The van der Waals surface area contributed by atoms with E-state index >= 15 is 0 Å². The van der Waals surface area contributed by atoms with Crippen molar-refractivity contribution >= 4 is 10.3 Å². The van der Waals surface area contributed by atoms with Gasteiger partial charge in [0.1, 0.15) is 0 Å². The second kappa shape index (κ2) is 4.93. The molecule has 0 aliphatic heterocycles. The number of rotatable bonds is 0. The van der Waals surface area contributed by atoms with Gasteiger partial charge in [-0.25, -0.2) is 13.6 Å². The summed E-state index contributed by atoms with van der Waals surface area (Å²) in [5, 5.41) is 3.77. The Labute approximate surface area is 80.4 Å². The zero-order valence-corrected chi connectivity index (χ0v) is 9.06. The third kappa shape index (κ3) is 11.9. The van der Waals surface area contributed by atoms with E-state index in [4.69, 9.17) is 13.0 Å². The van der Waals surface area contributed by atoms with Crippen LogP contribution in [0.1, 0.15) is 46.0 Å². The number of hydrogen-bond donors (Lipinski definition) is 1. The molecule has 0 radical (unpaired) electrons. The van der Waals surface area contributed by atoms with Crippen LogP contribution in [0.15, 0.2) is 0 Å². The molecule has 80 valence electrons. The lowest BCUT2D eigenvalue weighted by molar-refractivity contribution is 0.244. The molecule has 0 atom stereocenters. The van der Waals surface area contributed by atoms with Gasteiger partial charge in [0.2, 0.25) is 0 Å². The van der Waals surface area contributed by atoms with Crippen molar-refractivity contribution in [2.75, 3.05) is 0 Å². The Kier molecular flexibility index (Phi) is 4.88. The monoisotopic (exact) mass is 208 g/mol. The lowest BCUT2D eigenvalue weighted by Crippen LogP contribution is -2.14. The first-order valence-electron chi connectivity index (χ1n) is 4.44. The molecule has 0 aromatic rings. The first kappa shape index (κ1) is 12.9. The summed E-state index contributed by atoms with van der Waals surface area (Å²) < 4.78 is 26.6. The van der Waals surface area contributed by atoms with Gasteiger partial charge in [0, 0.05) is 0 Å². The zero-order chi connectivity index (χ0) is 10.5. The largest absolute Gasteiger partial charge is 0.736 e. The van der Waals surface area contributed by atoms with Crippen LogP contribution in [-0.2, 0) is 10.3 Å². The molecule has 1 aliphatic rings. The SMILES string of the molecule is CC1(C)CCCCC1.NS(=O)(=O)[O-]. The summed E-state index contributed by atoms with van der Waals surface area (Å²) >= 11 is 0. The van der Waals surface area contributed by atoms with E-state index in [0.29, 0.717) is 5.41 Å². The molecule has 0 amide bonds. The lowest BCUT2D eigenvalue weighted by atomic mass is 9.78. The van der Waals surface area contributed by atoms with Gasteiger partial charge in [-0.3, -0.25) is 0 Å². The molecule has 1 rings (SSSR count). The highest BCUT2D eigenvalue weighted by Crippen LogP contribution is 2.34. The molecule has 0 bridgehead atoms. The normalized spacial score (nSPS) is 21.5. The van der Waals surface area contributed by atoms with Crippen molar-refractivity contribution in [3.8, 4) is 0 Å². The highest BCUT2D eigenvalue weighted by atomic mass is 32.2. The number of nitrogens with two attached hydrogens (primary N) is 1. The van der Waals surface area contributed by atoms with Gasteiger partial charge in [-0.15, -0.1) is 0 Å². The molecule has 0 spiro atoms. The fourth-order valence-electron chi connectivity index (χ4n) is 1.51. The maximum absolute atomic E-state index is 8.85. The Bertz CT molecular complexity index is 218. The minimum atomic E-state index is -4.42. The van der Waals surface area contributed by atoms with E-state index in [2.05, 4.69) is 19.0 Å². The molecule has 1 saturated carbocycles. The Morgan fingerprint density at radius 3 is 1.62 bits per heavy atom. The maximum Gasteiger partial charge on any atom is 0.156 e. The summed E-state index contributed by atoms with van der Waals surface area (Å²) in [6.45, 7) is 4.76. The van der Waals surface area contributed by atoms with Crippen LogP contribution < -0.4 is 5.14 Å². The zero-order valence-electron chi connectivity index (χ0n) is 8.25. The van der Waals surface area contributed by atoms with Crippen LogP contribution in [0.4, 0.5) is 0 Å². The van der Waals surface area contributed by atoms with Crippen molar-refractivity contribution in [3.63, 3.8) is 0 Å². The van der Waals surface area contributed by atoms with Gasteiger partial charge in [-0.2, -0.15) is 0 Å². The van der Waals surface area contributed by atoms with Crippen molar-refractivity contribution in [1.29, 1.82) is 0 Å². The van der Waals surface area contributed by atoms with Crippen molar-refractivity contribution in [2.45, 2.75) is 46.0 Å². The summed E-state index contributed by atoms with van der Waals surface area (Å²) in [4.78, 5) is 0. The van der Waals surface area contributed by atoms with E-state index < -0.39 is 10.3 Å². The van der Waals surface area contributed by atoms with E-state index in [1.54, 1.807) is 0 Å². The van der Waals surface area contributed by atoms with Gasteiger partial charge in [0.15, 0.2) is 10.3 Å². The molecule has 0 aromatic heterocycles. The first-order chi connectivity index (χ1) is 5.71. The van der Waals surface area contributed by atoms with Crippen LogP contribution in [0.2, 0.25) is 0 Å². The molecule has 13 heavy (non-hydrogen) atoms. The van der Waals surface area contributed by atoms with E-state index in [1.807, 2.05) is 0 Å². The van der Waals surface area contributed by atoms with Gasteiger partial charge >= 0.3 is 0 Å². The second-order valence-electron chi connectivity index (χ2n) is 4.22. The Morgan fingerprint density at radius 1 is 1.15 bits per heavy atom. The van der Waals surface area contributed by atoms with E-state index in [0.717, 1.165) is 0 Å². The molecule has 0 heterocycles. The van der Waals surface area contributed by atoms with E-state index in [9.17, 15) is 0 Å². The molecule has 0 saturated heterocycles. The van der Waals surface area contributed by atoms with Crippen LogP contribution in [0.25, 0.3) is 0 Å². The molecule has 2 N–H and O–H groups in total. The van der Waals surface area contributed by atoms with Crippen LogP contribution in [0, 0.1) is 5.41 Å². The highest BCUT2D eigenvalue weighted by Gasteiger charge is 2.19. The van der Waals surface area contributed by atoms with Crippen LogP contribution in [0.5, 0.6) is 0 Å². The summed E-state index contributed by atoms with van der Waals surface area (Å²) in [6.07, 6.45) is 7.31. The quantitative estimate of drug-likeness (QED) is 0.610. The van der Waals surface area contributed by atoms with E-state index in [1.165, 1.54) is 32.1 Å². The highest BCUT2D eigenvalue weighted by molar-refractivity contribution is 7.83. The van der Waals surface area contributed by atoms with Gasteiger partial charge in [0.05, 0.1) is 0 Å². The topological polar surface area (TPSA) is 83.2 Å². The van der Waals surface area contributed by atoms with Crippen LogP contribution >= 0.6 is 0 Å². The van der Waals surface area contributed by atoms with Crippen molar-refractivity contribution in [1.82, 2.24) is 0 Å². The minimum Gasteiger partial charge on any atom is -0.736 e. The second-order valence-corrected chi connectivity index (χ2v) is 5.20. The molecule has 1 aliphatic carbocycles. The minimum absolute atomic E-state index is 0.679. The average Bonchev–Trinajstić information content (AvgIpc) is 1.82. The fourth-order valence-corrected chi connectivity index (χ4v) is 1.51. The smallest absolute Gasteiger partial charge is 0.156 e. The first-order valence-corrected chi connectivity index (χ1v) is 5.91. The molecule has 1 fully saturated rings. The average molecular weight is 208 g/mol. The Morgan fingerprint density at radius 2 is 1.46 bits per heavy atom. The third-order valence-electron chi connectivity index (χ3n) is 2.21. The van der Waals surface area contributed by atoms with Gasteiger partial charge in [-0.1, -0.05) is 33.1 Å². The summed E-state index contributed by atoms with van der Waals surface area (Å²) in [5.41, 5.74) is 0.679. The summed E-state index contributed by atoms with van der Waals surface area (Å²) in [6, 6.07) is 0. The molecule has 4 nitrogen and oxygen atoms in total. The Balaban J connectivity index is 0.000000252. The predicted molar refractivity (Wildman–Crippen MR) is 50.8 cm³/mol. The predicted octanol–water partition coefficient (Wildman–Crippen LogP) is 1.38. The van der Waals surface area contributed by atoms with Gasteiger partial charge < -0.3 is 4.55 Å². The van der Waals surface area contributed by atoms with Crippen molar-refractivity contribution in [3.05, 3.63) is 0 Å². The molecule has 0 aromatic carbocycles. The van der Waals surface area contributed by atoms with Gasteiger partial charge in [0.25, 0.3) is 0 Å². The molecule has 5 heteroatoms. The Hall–Kier alpha value is -0.130. The molecular formula is C8H18NO3S-. The van der Waals surface area contributed by atoms with Crippen LogP contribution in [-0.4, -0.2) is 13.0 Å².